The molecule has 0 saturated carbocycles. The Morgan fingerprint density at radius 2 is 1.76 bits per heavy atom. The molecular formula is C12H12N2O3. The molecule has 1 N–H and O–H groups in total. The molecule has 0 atom stereocenters. The highest BCUT2D eigenvalue weighted by atomic mass is 16.4. The molecule has 0 radical (unpaired) electrons. The lowest BCUT2D eigenvalue weighted by Crippen LogP contribution is -2.21. The number of nitrogens with zero attached hydrogens (tertiary/aromatic N) is 2. The van der Waals surface area contributed by atoms with Crippen LogP contribution in [0.25, 0.3) is 0 Å². The van der Waals surface area contributed by atoms with Gasteiger partial charge in [0.1, 0.15) is 5.69 Å². The van der Waals surface area contributed by atoms with Crippen LogP contribution in [0.5, 0.6) is 0 Å². The van der Waals surface area contributed by atoms with Crippen LogP contribution >= 0.6 is 0 Å². The average molecular weight is 232 g/mol. The van der Waals surface area contributed by atoms with Crippen molar-refractivity contribution in [2.24, 2.45) is 0 Å². The first-order chi connectivity index (χ1) is 8.18. The third-order valence-corrected chi connectivity index (χ3v) is 2.53. The molecule has 2 aromatic rings. The van der Waals surface area contributed by atoms with Crippen LogP contribution in [0, 0.1) is 0 Å². The van der Waals surface area contributed by atoms with E-state index in [9.17, 15) is 9.59 Å². The van der Waals surface area contributed by atoms with Crippen LogP contribution in [0.3, 0.4) is 0 Å². The predicted molar refractivity (Wildman–Crippen MR) is 62.1 cm³/mol. The number of aromatic carboxylic acids is 1. The minimum atomic E-state index is -0.963. The van der Waals surface area contributed by atoms with Crippen LogP contribution in [0.2, 0.25) is 0 Å². The van der Waals surface area contributed by atoms with Gasteiger partial charge in [-0.2, -0.15) is 0 Å². The lowest BCUT2D eigenvalue weighted by atomic mass is 10.4. The molecule has 2 rings (SSSR count). The van der Waals surface area contributed by atoms with Crippen molar-refractivity contribution in [2.45, 2.75) is 13.1 Å². The van der Waals surface area contributed by atoms with Crippen LogP contribution in [0.15, 0.2) is 47.5 Å². The van der Waals surface area contributed by atoms with Crippen LogP contribution in [0.1, 0.15) is 10.5 Å². The summed E-state index contributed by atoms with van der Waals surface area (Å²) in [5, 5.41) is 8.92. The molecule has 5 heteroatoms. The number of pyridine rings is 1. The van der Waals surface area contributed by atoms with Crippen LogP contribution in [-0.4, -0.2) is 20.2 Å². The fraction of sp³-hybridized carbons (Fsp3) is 0.167. The van der Waals surface area contributed by atoms with Crippen LogP contribution < -0.4 is 5.56 Å². The van der Waals surface area contributed by atoms with Gasteiger partial charge in [0.15, 0.2) is 0 Å². The number of carboxylic acid groups (broad SMARTS) is 1. The molecule has 0 saturated heterocycles. The van der Waals surface area contributed by atoms with Crippen LogP contribution in [0.4, 0.5) is 0 Å². The first-order valence-electron chi connectivity index (χ1n) is 5.22. The largest absolute Gasteiger partial charge is 0.477 e. The molecule has 0 aliphatic rings. The monoisotopic (exact) mass is 232 g/mol. The van der Waals surface area contributed by atoms with Crippen molar-refractivity contribution < 1.29 is 9.90 Å². The number of aromatic nitrogens is 2. The fourth-order valence-electron chi connectivity index (χ4n) is 1.66. The number of carbonyl (C=O) groups is 1. The summed E-state index contributed by atoms with van der Waals surface area (Å²) in [7, 11) is 0. The van der Waals surface area contributed by atoms with Crippen molar-refractivity contribution in [1.29, 1.82) is 0 Å². The number of hydrogen-bond acceptors (Lipinski definition) is 2. The Kier molecular flexibility index (Phi) is 3.09. The van der Waals surface area contributed by atoms with Gasteiger partial charge < -0.3 is 14.2 Å². The molecule has 0 amide bonds. The zero-order chi connectivity index (χ0) is 12.3. The van der Waals surface area contributed by atoms with E-state index in [1.54, 1.807) is 39.7 Å². The van der Waals surface area contributed by atoms with Gasteiger partial charge in [0, 0.05) is 31.5 Å². The highest BCUT2D eigenvalue weighted by molar-refractivity contribution is 5.85. The van der Waals surface area contributed by atoms with E-state index >= 15 is 0 Å². The molecule has 0 aromatic carbocycles. The van der Waals surface area contributed by atoms with E-state index in [0.29, 0.717) is 13.1 Å². The summed E-state index contributed by atoms with van der Waals surface area (Å²) >= 11 is 0. The third kappa shape index (κ3) is 2.44. The molecule has 2 heterocycles. The molecular weight excluding hydrogens is 220 g/mol. The van der Waals surface area contributed by atoms with Crippen LogP contribution in [-0.2, 0) is 13.1 Å². The number of rotatable bonds is 4. The van der Waals surface area contributed by atoms with Gasteiger partial charge in [-0.25, -0.2) is 4.79 Å². The molecule has 2 aromatic heterocycles. The maximum atomic E-state index is 11.4. The summed E-state index contributed by atoms with van der Waals surface area (Å²) < 4.78 is 3.16. The van der Waals surface area contributed by atoms with E-state index < -0.39 is 5.97 Å². The lowest BCUT2D eigenvalue weighted by Gasteiger charge is -2.08. The van der Waals surface area contributed by atoms with Gasteiger partial charge in [0.25, 0.3) is 5.56 Å². The minimum absolute atomic E-state index is 0.0865. The molecule has 0 aliphatic carbocycles. The van der Waals surface area contributed by atoms with E-state index in [2.05, 4.69) is 0 Å². The van der Waals surface area contributed by atoms with E-state index in [1.807, 2.05) is 0 Å². The van der Waals surface area contributed by atoms with Gasteiger partial charge in [-0.1, -0.05) is 6.07 Å². The highest BCUT2D eigenvalue weighted by Crippen LogP contribution is 2.02. The van der Waals surface area contributed by atoms with Gasteiger partial charge in [-0.15, -0.1) is 0 Å². The van der Waals surface area contributed by atoms with Gasteiger partial charge in [0.2, 0.25) is 0 Å². The van der Waals surface area contributed by atoms with Gasteiger partial charge in [-0.05, 0) is 18.2 Å². The van der Waals surface area contributed by atoms with Gasteiger partial charge >= 0.3 is 5.97 Å². The molecule has 0 fully saturated rings. The van der Waals surface area contributed by atoms with Crippen molar-refractivity contribution in [3.8, 4) is 0 Å². The third-order valence-electron chi connectivity index (χ3n) is 2.53. The Labute approximate surface area is 97.5 Å². The molecule has 17 heavy (non-hydrogen) atoms. The summed E-state index contributed by atoms with van der Waals surface area (Å²) in [6.45, 7) is 0.910. The number of hydrogen-bond donors (Lipinski definition) is 1. The van der Waals surface area contributed by atoms with Crippen molar-refractivity contribution in [1.82, 2.24) is 9.13 Å². The molecule has 0 bridgehead atoms. The summed E-state index contributed by atoms with van der Waals surface area (Å²) in [6, 6.07) is 8.15. The summed E-state index contributed by atoms with van der Waals surface area (Å²) in [5.74, 6) is -0.963. The fourth-order valence-corrected chi connectivity index (χ4v) is 1.66. The molecule has 0 unspecified atom stereocenters. The number of carboxylic acids is 1. The molecule has 0 aliphatic heterocycles. The Balaban J connectivity index is 2.13. The Hall–Kier alpha value is -2.30. The standard InChI is InChI=1S/C12H12N2O3/c15-11-5-1-2-6-14(11)9-8-13-7-3-4-10(13)12(16)17/h1-7H,8-9H2,(H,16,17). The second-order valence-corrected chi connectivity index (χ2v) is 3.62. The Bertz CT molecular complexity index is 583. The quantitative estimate of drug-likeness (QED) is 0.856. The van der Waals surface area contributed by atoms with E-state index in [-0.39, 0.29) is 11.3 Å². The Morgan fingerprint density at radius 1 is 1.06 bits per heavy atom. The average Bonchev–Trinajstić information content (AvgIpc) is 2.76. The smallest absolute Gasteiger partial charge is 0.352 e. The van der Waals surface area contributed by atoms with Crippen molar-refractivity contribution >= 4 is 5.97 Å². The zero-order valence-corrected chi connectivity index (χ0v) is 9.11. The molecule has 88 valence electrons. The maximum Gasteiger partial charge on any atom is 0.352 e. The SMILES string of the molecule is O=C(O)c1cccn1CCn1ccccc1=O. The minimum Gasteiger partial charge on any atom is -0.477 e. The second-order valence-electron chi connectivity index (χ2n) is 3.62. The zero-order valence-electron chi connectivity index (χ0n) is 9.11. The second kappa shape index (κ2) is 4.69. The first kappa shape index (κ1) is 11.2. The van der Waals surface area contributed by atoms with Gasteiger partial charge in [0.05, 0.1) is 0 Å². The molecule has 5 nitrogen and oxygen atoms in total. The lowest BCUT2D eigenvalue weighted by molar-refractivity contribution is 0.0684. The van der Waals surface area contributed by atoms with Gasteiger partial charge in [-0.3, -0.25) is 4.79 Å². The van der Waals surface area contributed by atoms with Crippen molar-refractivity contribution in [3.63, 3.8) is 0 Å². The summed E-state index contributed by atoms with van der Waals surface area (Å²) in [6.07, 6.45) is 3.38. The van der Waals surface area contributed by atoms with E-state index in [1.165, 1.54) is 12.1 Å². The first-order valence-corrected chi connectivity index (χ1v) is 5.22. The highest BCUT2D eigenvalue weighted by Gasteiger charge is 2.07. The molecule has 0 spiro atoms. The topological polar surface area (TPSA) is 64.2 Å². The van der Waals surface area contributed by atoms with Crippen molar-refractivity contribution in [2.75, 3.05) is 0 Å². The predicted octanol–water partition coefficient (Wildman–Crippen LogP) is 1.05. The normalized spacial score (nSPS) is 10.4. The Morgan fingerprint density at radius 3 is 2.47 bits per heavy atom. The van der Waals surface area contributed by atoms with Crippen molar-refractivity contribution in [3.05, 3.63) is 58.8 Å². The maximum absolute atomic E-state index is 11.4. The van der Waals surface area contributed by atoms with E-state index in [4.69, 9.17) is 5.11 Å². The summed E-state index contributed by atoms with van der Waals surface area (Å²) in [4.78, 5) is 22.3. The number of aryl methyl sites for hydroxylation is 2. The van der Waals surface area contributed by atoms with E-state index in [0.717, 1.165) is 0 Å². The summed E-state index contributed by atoms with van der Waals surface area (Å²) in [5.41, 5.74) is 0.144.